The van der Waals surface area contributed by atoms with Crippen LogP contribution >= 0.6 is 11.3 Å². The number of benzene rings is 1. The number of nitrogen functional groups attached to an aromatic ring is 1. The summed E-state index contributed by atoms with van der Waals surface area (Å²) in [4.78, 5) is 23.6. The molecule has 1 aliphatic rings. The first-order chi connectivity index (χ1) is 14.4. The maximum absolute atomic E-state index is 14.1. The number of nitrogens with two attached hydrogens (primary N) is 1. The van der Waals surface area contributed by atoms with Crippen LogP contribution in [0.5, 0.6) is 0 Å². The van der Waals surface area contributed by atoms with E-state index < -0.39 is 17.8 Å². The van der Waals surface area contributed by atoms with E-state index in [2.05, 4.69) is 27.1 Å². The minimum atomic E-state index is -0.686. The Morgan fingerprint density at radius 2 is 2.20 bits per heavy atom. The summed E-state index contributed by atoms with van der Waals surface area (Å²) in [6, 6.07) is 5.54. The Kier molecular flexibility index (Phi) is 7.15. The summed E-state index contributed by atoms with van der Waals surface area (Å²) < 4.78 is 14.1. The molecule has 160 valence electrons. The molecule has 1 aromatic carbocycles. The van der Waals surface area contributed by atoms with Crippen LogP contribution < -0.4 is 11.1 Å². The zero-order chi connectivity index (χ0) is 21.7. The van der Waals surface area contributed by atoms with Crippen molar-refractivity contribution in [3.63, 3.8) is 0 Å². The Morgan fingerprint density at radius 1 is 1.43 bits per heavy atom. The Bertz CT molecular complexity index is 943. The van der Waals surface area contributed by atoms with E-state index in [0.717, 1.165) is 49.9 Å². The van der Waals surface area contributed by atoms with E-state index in [1.807, 2.05) is 0 Å². The molecule has 7 nitrogen and oxygen atoms in total. The Hall–Kier alpha value is -2.81. The SMILES string of the molecule is CN=C(C(C=N)NC(=O)c1nc(-c2ccccc2F)sc1N)N1CCCC(C)CC1. The predicted octanol–water partition coefficient (Wildman–Crippen LogP) is 3.43. The maximum atomic E-state index is 14.1. The quantitative estimate of drug-likeness (QED) is 0.499. The van der Waals surface area contributed by atoms with Crippen molar-refractivity contribution in [2.75, 3.05) is 25.9 Å². The van der Waals surface area contributed by atoms with Gasteiger partial charge in [-0.15, -0.1) is 0 Å². The van der Waals surface area contributed by atoms with Gasteiger partial charge in [0, 0.05) is 31.9 Å². The number of carbonyl (C=O) groups excluding carboxylic acids is 1. The van der Waals surface area contributed by atoms with Crippen LogP contribution in [0, 0.1) is 17.1 Å². The highest BCUT2D eigenvalue weighted by Gasteiger charge is 2.26. The number of amidine groups is 1. The van der Waals surface area contributed by atoms with Crippen molar-refractivity contribution >= 4 is 34.3 Å². The molecule has 0 aliphatic carbocycles. The first-order valence-electron chi connectivity index (χ1n) is 9.98. The molecule has 1 aliphatic heterocycles. The van der Waals surface area contributed by atoms with Crippen LogP contribution in [0.15, 0.2) is 29.3 Å². The number of nitrogens with one attached hydrogen (secondary N) is 2. The molecule has 0 spiro atoms. The molecular formula is C21H27FN6OS. The Morgan fingerprint density at radius 3 is 2.90 bits per heavy atom. The molecule has 1 amide bonds. The van der Waals surface area contributed by atoms with E-state index in [1.54, 1.807) is 25.2 Å². The lowest BCUT2D eigenvalue weighted by Crippen LogP contribution is -2.50. The molecule has 2 unspecified atom stereocenters. The highest BCUT2D eigenvalue weighted by atomic mass is 32.1. The van der Waals surface area contributed by atoms with Gasteiger partial charge in [-0.3, -0.25) is 9.79 Å². The third kappa shape index (κ3) is 4.84. The van der Waals surface area contributed by atoms with E-state index in [1.165, 1.54) is 6.07 Å². The summed E-state index contributed by atoms with van der Waals surface area (Å²) in [5.74, 6) is 0.360. The standard InChI is InChI=1S/C21H27FN6OS/c1-13-6-5-10-28(11-9-13)19(25-2)16(12-23)26-20(29)17-18(24)30-21(27-17)14-7-3-4-8-15(14)22/h3-4,7-8,12-13,16,23H,5-6,9-11,24H2,1-2H3,(H,26,29). The zero-order valence-electron chi connectivity index (χ0n) is 17.2. The number of anilines is 1. The predicted molar refractivity (Wildman–Crippen MR) is 120 cm³/mol. The summed E-state index contributed by atoms with van der Waals surface area (Å²) in [6.45, 7) is 3.91. The molecule has 2 aromatic rings. The highest BCUT2D eigenvalue weighted by Crippen LogP contribution is 2.31. The van der Waals surface area contributed by atoms with Gasteiger partial charge in [0.2, 0.25) is 0 Å². The lowest BCUT2D eigenvalue weighted by molar-refractivity contribution is 0.0949. The average Bonchev–Trinajstić information content (AvgIpc) is 2.99. The molecule has 4 N–H and O–H groups in total. The molecule has 0 bridgehead atoms. The maximum Gasteiger partial charge on any atom is 0.273 e. The number of likely N-dealkylation sites (tertiary alicyclic amines) is 1. The number of hydrogen-bond donors (Lipinski definition) is 3. The van der Waals surface area contributed by atoms with Gasteiger partial charge in [-0.05, 0) is 37.3 Å². The van der Waals surface area contributed by atoms with E-state index in [-0.39, 0.29) is 10.7 Å². The smallest absolute Gasteiger partial charge is 0.273 e. The molecule has 30 heavy (non-hydrogen) atoms. The fraction of sp³-hybridized carbons (Fsp3) is 0.429. The number of aromatic nitrogens is 1. The van der Waals surface area contributed by atoms with Gasteiger partial charge in [0.25, 0.3) is 5.91 Å². The number of aliphatic imine (C=N–C) groups is 1. The van der Waals surface area contributed by atoms with Crippen LogP contribution in [0.3, 0.4) is 0 Å². The van der Waals surface area contributed by atoms with Gasteiger partial charge in [0.15, 0.2) is 5.69 Å². The normalized spacial score (nSPS) is 18.6. The number of halogens is 1. The molecule has 0 saturated carbocycles. The molecular weight excluding hydrogens is 403 g/mol. The Balaban J connectivity index is 1.78. The molecule has 3 rings (SSSR count). The Labute approximate surface area is 179 Å². The number of rotatable bonds is 5. The minimum absolute atomic E-state index is 0.0324. The highest BCUT2D eigenvalue weighted by molar-refractivity contribution is 7.19. The van der Waals surface area contributed by atoms with Crippen LogP contribution in [-0.2, 0) is 0 Å². The molecule has 0 radical (unpaired) electrons. The number of thiazole rings is 1. The second-order valence-electron chi connectivity index (χ2n) is 7.43. The van der Waals surface area contributed by atoms with Crippen molar-refractivity contribution in [1.82, 2.24) is 15.2 Å². The monoisotopic (exact) mass is 430 g/mol. The summed E-state index contributed by atoms with van der Waals surface area (Å²) in [6.07, 6.45) is 4.41. The first-order valence-corrected chi connectivity index (χ1v) is 10.8. The van der Waals surface area contributed by atoms with E-state index in [4.69, 9.17) is 11.1 Å². The van der Waals surface area contributed by atoms with Crippen LogP contribution in [0.4, 0.5) is 9.39 Å². The van der Waals surface area contributed by atoms with E-state index >= 15 is 0 Å². The van der Waals surface area contributed by atoms with Crippen molar-refractivity contribution in [2.24, 2.45) is 10.9 Å². The van der Waals surface area contributed by atoms with Gasteiger partial charge in [-0.1, -0.05) is 30.4 Å². The third-order valence-electron chi connectivity index (χ3n) is 5.27. The van der Waals surface area contributed by atoms with Gasteiger partial charge in [0.1, 0.15) is 27.7 Å². The van der Waals surface area contributed by atoms with Crippen molar-refractivity contribution < 1.29 is 9.18 Å². The summed E-state index contributed by atoms with van der Waals surface area (Å²) in [5, 5.41) is 11.2. The van der Waals surface area contributed by atoms with Crippen molar-refractivity contribution in [3.8, 4) is 10.6 Å². The molecule has 2 atom stereocenters. The lowest BCUT2D eigenvalue weighted by atomic mass is 10.0. The second kappa shape index (κ2) is 9.80. The van der Waals surface area contributed by atoms with Crippen LogP contribution in [-0.4, -0.2) is 54.0 Å². The minimum Gasteiger partial charge on any atom is -0.389 e. The lowest BCUT2D eigenvalue weighted by Gasteiger charge is -2.28. The largest absolute Gasteiger partial charge is 0.389 e. The topological polar surface area (TPSA) is 107 Å². The summed E-state index contributed by atoms with van der Waals surface area (Å²) >= 11 is 1.06. The van der Waals surface area contributed by atoms with Gasteiger partial charge in [-0.25, -0.2) is 9.37 Å². The number of carbonyl (C=O) groups is 1. The van der Waals surface area contributed by atoms with Crippen LogP contribution in [0.1, 0.15) is 36.7 Å². The van der Waals surface area contributed by atoms with Crippen LogP contribution in [0.25, 0.3) is 10.6 Å². The first kappa shape index (κ1) is 21.9. The molecule has 1 fully saturated rings. The molecule has 1 aromatic heterocycles. The van der Waals surface area contributed by atoms with Gasteiger partial charge < -0.3 is 21.4 Å². The second-order valence-corrected chi connectivity index (χ2v) is 8.47. The van der Waals surface area contributed by atoms with Gasteiger partial charge in [0.05, 0.1) is 0 Å². The number of nitrogens with zero attached hydrogens (tertiary/aromatic N) is 3. The molecule has 9 heteroatoms. The average molecular weight is 431 g/mol. The van der Waals surface area contributed by atoms with E-state index in [9.17, 15) is 9.18 Å². The van der Waals surface area contributed by atoms with Gasteiger partial charge in [-0.2, -0.15) is 0 Å². The van der Waals surface area contributed by atoms with Crippen molar-refractivity contribution in [1.29, 1.82) is 5.41 Å². The van der Waals surface area contributed by atoms with Crippen molar-refractivity contribution in [3.05, 3.63) is 35.8 Å². The van der Waals surface area contributed by atoms with Crippen LogP contribution in [0.2, 0.25) is 0 Å². The third-order valence-corrected chi connectivity index (χ3v) is 6.19. The van der Waals surface area contributed by atoms with Crippen molar-refractivity contribution in [2.45, 2.75) is 32.2 Å². The number of hydrogen-bond acceptors (Lipinski definition) is 6. The summed E-state index contributed by atoms with van der Waals surface area (Å²) in [7, 11) is 1.67. The fourth-order valence-corrected chi connectivity index (χ4v) is 4.46. The van der Waals surface area contributed by atoms with Gasteiger partial charge >= 0.3 is 0 Å². The molecule has 2 heterocycles. The zero-order valence-corrected chi connectivity index (χ0v) is 18.0. The van der Waals surface area contributed by atoms with E-state index in [0.29, 0.717) is 22.3 Å². The number of amides is 1. The summed E-state index contributed by atoms with van der Waals surface area (Å²) in [5.41, 5.74) is 6.34. The fourth-order valence-electron chi connectivity index (χ4n) is 3.60. The molecule has 1 saturated heterocycles.